The Kier molecular flexibility index (Phi) is 19.8. The molecule has 6 amide bonds. The number of carbonyl (C=O) groups is 6. The number of aliphatic hydroxyl groups excluding tert-OH is 1. The lowest BCUT2D eigenvalue weighted by atomic mass is 9.96. The van der Waals surface area contributed by atoms with Gasteiger partial charge in [-0.2, -0.15) is 0 Å². The molecule has 0 aromatic carbocycles. The van der Waals surface area contributed by atoms with E-state index in [-0.39, 0.29) is 43.1 Å². The highest BCUT2D eigenvalue weighted by Gasteiger charge is 2.32. The van der Waals surface area contributed by atoms with Crippen molar-refractivity contribution in [3.8, 4) is 0 Å². The molecule has 17 heteroatoms. The summed E-state index contributed by atoms with van der Waals surface area (Å²) in [5.74, 6) is -4.54. The fourth-order valence-electron chi connectivity index (χ4n) is 4.33. The Morgan fingerprint density at radius 2 is 1.30 bits per heavy atom. The number of hydrogen-bond donors (Lipinski definition) is 10. The first-order valence-electron chi connectivity index (χ1n) is 15.6. The van der Waals surface area contributed by atoms with E-state index in [1.807, 2.05) is 34.6 Å². The topological polar surface area (TPSA) is 299 Å². The predicted octanol–water partition coefficient (Wildman–Crippen LogP) is -2.96. The van der Waals surface area contributed by atoms with Crippen LogP contribution in [0.5, 0.6) is 0 Å². The third-order valence-corrected chi connectivity index (χ3v) is 7.06. The molecular formula is C29H56N10O7. The highest BCUT2D eigenvalue weighted by Crippen LogP contribution is 2.11. The van der Waals surface area contributed by atoms with Crippen LogP contribution >= 0.6 is 0 Å². The van der Waals surface area contributed by atoms with Gasteiger partial charge < -0.3 is 54.6 Å². The van der Waals surface area contributed by atoms with Crippen molar-refractivity contribution in [1.82, 2.24) is 26.6 Å². The highest BCUT2D eigenvalue weighted by molar-refractivity contribution is 5.95. The van der Waals surface area contributed by atoms with Gasteiger partial charge in [-0.15, -0.1) is 0 Å². The van der Waals surface area contributed by atoms with E-state index in [1.165, 1.54) is 0 Å². The Labute approximate surface area is 271 Å². The van der Waals surface area contributed by atoms with Crippen LogP contribution in [0.1, 0.15) is 73.6 Å². The normalized spacial score (nSPS) is 15.0. The van der Waals surface area contributed by atoms with Crippen molar-refractivity contribution in [1.29, 1.82) is 0 Å². The van der Waals surface area contributed by atoms with Gasteiger partial charge in [-0.25, -0.2) is 0 Å². The molecule has 0 rings (SSSR count). The number of primary amides is 1. The largest absolute Gasteiger partial charge is 0.394 e. The summed E-state index contributed by atoms with van der Waals surface area (Å²) in [5, 5.41) is 22.0. The highest BCUT2D eigenvalue weighted by atomic mass is 16.3. The maximum Gasteiger partial charge on any atom is 0.243 e. The first-order chi connectivity index (χ1) is 21.4. The number of hydrogen-bond acceptors (Lipinski definition) is 9. The molecule has 46 heavy (non-hydrogen) atoms. The van der Waals surface area contributed by atoms with Crippen LogP contribution in [0.3, 0.4) is 0 Å². The molecule has 0 saturated carbocycles. The smallest absolute Gasteiger partial charge is 0.243 e. The van der Waals surface area contributed by atoms with Crippen molar-refractivity contribution in [2.45, 2.75) is 104 Å². The van der Waals surface area contributed by atoms with Gasteiger partial charge in [0.15, 0.2) is 5.96 Å². The zero-order valence-corrected chi connectivity index (χ0v) is 27.9. The Hall–Kier alpha value is -3.99. The fourth-order valence-corrected chi connectivity index (χ4v) is 4.33. The lowest BCUT2D eigenvalue weighted by Crippen LogP contribution is -2.59. The molecular weight excluding hydrogens is 600 g/mol. The van der Waals surface area contributed by atoms with Crippen LogP contribution in [0.25, 0.3) is 0 Å². The van der Waals surface area contributed by atoms with Gasteiger partial charge in [0, 0.05) is 6.54 Å². The van der Waals surface area contributed by atoms with Crippen molar-refractivity contribution >= 4 is 41.4 Å². The second kappa shape index (κ2) is 21.7. The quantitative estimate of drug-likeness (QED) is 0.0321. The molecule has 0 aliphatic rings. The lowest BCUT2D eigenvalue weighted by molar-refractivity contribution is -0.135. The van der Waals surface area contributed by atoms with Crippen LogP contribution in [0.2, 0.25) is 0 Å². The Balaban J connectivity index is 5.62. The second-order valence-corrected chi connectivity index (χ2v) is 12.2. The van der Waals surface area contributed by atoms with Crippen LogP contribution < -0.4 is 49.5 Å². The van der Waals surface area contributed by atoms with Crippen LogP contribution in [-0.2, 0) is 28.8 Å². The number of nitrogens with zero attached hydrogens (tertiary/aromatic N) is 1. The first kappa shape index (κ1) is 42.0. The first-order valence-corrected chi connectivity index (χ1v) is 15.6. The monoisotopic (exact) mass is 656 g/mol. The van der Waals surface area contributed by atoms with E-state index in [9.17, 15) is 33.9 Å². The number of nitrogens with one attached hydrogen (secondary N) is 5. The molecule has 0 radical (unpaired) electrons. The minimum absolute atomic E-state index is 0.0446. The number of guanidine groups is 1. The predicted molar refractivity (Wildman–Crippen MR) is 173 cm³/mol. The lowest BCUT2D eigenvalue weighted by Gasteiger charge is -2.28. The minimum atomic E-state index is -1.33. The van der Waals surface area contributed by atoms with Gasteiger partial charge >= 0.3 is 0 Å². The Bertz CT molecular complexity index is 1050. The molecule has 0 aromatic rings. The molecule has 0 heterocycles. The molecule has 264 valence electrons. The fraction of sp³-hybridized carbons (Fsp3) is 0.759. The number of aliphatic imine (C=N–C) groups is 1. The van der Waals surface area contributed by atoms with Crippen molar-refractivity contribution in [2.75, 3.05) is 19.7 Å². The second-order valence-electron chi connectivity index (χ2n) is 12.2. The van der Waals surface area contributed by atoms with E-state index in [0.717, 1.165) is 0 Å². The van der Waals surface area contributed by atoms with Gasteiger partial charge in [0.25, 0.3) is 0 Å². The summed E-state index contributed by atoms with van der Waals surface area (Å²) < 4.78 is 0. The van der Waals surface area contributed by atoms with E-state index < -0.39 is 78.8 Å². The number of rotatable bonds is 22. The van der Waals surface area contributed by atoms with Crippen LogP contribution in [-0.4, -0.2) is 96.4 Å². The molecule has 0 aromatic heterocycles. The molecule has 0 saturated heterocycles. The number of nitrogens with two attached hydrogens (primary N) is 4. The molecule has 0 bridgehead atoms. The zero-order valence-electron chi connectivity index (χ0n) is 27.9. The number of carbonyl (C=O) groups excluding carboxylic acids is 6. The summed E-state index contributed by atoms with van der Waals surface area (Å²) in [5.41, 5.74) is 21.9. The van der Waals surface area contributed by atoms with Crippen molar-refractivity contribution in [2.24, 2.45) is 45.7 Å². The summed E-state index contributed by atoms with van der Waals surface area (Å²) >= 11 is 0. The SMILES string of the molecule is CC[C@H](C)[C@H](NC(=O)CNC(=O)[C@H](CCCN=C(N)N)NC(=O)[C@H](N)CC(C)C)C(=O)N[C@@H](CC(C)C)C(=O)N[C@@H](CO)C(N)=O. The van der Waals surface area contributed by atoms with Crippen LogP contribution in [0.15, 0.2) is 4.99 Å². The minimum Gasteiger partial charge on any atom is -0.394 e. The summed E-state index contributed by atoms with van der Waals surface area (Å²) in [7, 11) is 0. The molecule has 6 atom stereocenters. The number of aliphatic hydroxyl groups is 1. The molecule has 0 fully saturated rings. The summed E-state index contributed by atoms with van der Waals surface area (Å²) in [6.07, 6.45) is 1.60. The third-order valence-electron chi connectivity index (χ3n) is 7.06. The summed E-state index contributed by atoms with van der Waals surface area (Å²) in [6.45, 7) is 10.0. The van der Waals surface area contributed by atoms with Gasteiger partial charge in [0.05, 0.1) is 19.2 Å². The average molecular weight is 657 g/mol. The van der Waals surface area contributed by atoms with E-state index in [4.69, 9.17) is 22.9 Å². The standard InChI is InChI=1S/C29H56N10O7/c1-7-17(6)23(28(46)37-20(12-16(4)5)27(45)38-21(14-40)24(31)42)39-22(41)13-35-26(44)19(9-8-10-34-29(32)33)36-25(43)18(30)11-15(2)3/h15-21,23,40H,7-14,30H2,1-6H3,(H2,31,42)(H,35,44)(H,36,43)(H,37,46)(H,38,45)(H,39,41)(H4,32,33,34)/t17-,18+,19-,20-,21-,23-/m0/s1. The Morgan fingerprint density at radius 1 is 0.739 bits per heavy atom. The van der Waals surface area contributed by atoms with E-state index in [0.29, 0.717) is 19.3 Å². The van der Waals surface area contributed by atoms with E-state index in [2.05, 4.69) is 31.6 Å². The van der Waals surface area contributed by atoms with Crippen molar-refractivity contribution < 1.29 is 33.9 Å². The van der Waals surface area contributed by atoms with Crippen molar-refractivity contribution in [3.63, 3.8) is 0 Å². The molecule has 0 aliphatic carbocycles. The average Bonchev–Trinajstić information content (AvgIpc) is 2.96. The van der Waals surface area contributed by atoms with Crippen molar-refractivity contribution in [3.05, 3.63) is 0 Å². The van der Waals surface area contributed by atoms with E-state index in [1.54, 1.807) is 6.92 Å². The molecule has 17 nitrogen and oxygen atoms in total. The summed E-state index contributed by atoms with van der Waals surface area (Å²) in [4.78, 5) is 80.2. The van der Waals surface area contributed by atoms with Gasteiger partial charge in [0.1, 0.15) is 24.2 Å². The molecule has 0 unspecified atom stereocenters. The Morgan fingerprint density at radius 3 is 1.80 bits per heavy atom. The van der Waals surface area contributed by atoms with Gasteiger partial charge in [0.2, 0.25) is 35.4 Å². The molecule has 14 N–H and O–H groups in total. The number of amides is 6. The van der Waals surface area contributed by atoms with Gasteiger partial charge in [-0.1, -0.05) is 48.0 Å². The maximum atomic E-state index is 13.3. The molecule has 0 spiro atoms. The maximum absolute atomic E-state index is 13.3. The summed E-state index contributed by atoms with van der Waals surface area (Å²) in [6, 6.07) is -5.36. The third kappa shape index (κ3) is 16.9. The van der Waals surface area contributed by atoms with Crippen LogP contribution in [0, 0.1) is 17.8 Å². The van der Waals surface area contributed by atoms with Crippen LogP contribution in [0.4, 0.5) is 0 Å². The molecule has 0 aliphatic heterocycles. The zero-order chi connectivity index (χ0) is 35.6. The van der Waals surface area contributed by atoms with E-state index >= 15 is 0 Å². The van der Waals surface area contributed by atoms with Gasteiger partial charge in [-0.05, 0) is 43.4 Å². The van der Waals surface area contributed by atoms with Gasteiger partial charge in [-0.3, -0.25) is 33.8 Å².